The second-order valence-electron chi connectivity index (χ2n) is 8.00. The van der Waals surface area contributed by atoms with Gasteiger partial charge in [-0.15, -0.1) is 0 Å². The predicted molar refractivity (Wildman–Crippen MR) is 99.5 cm³/mol. The fraction of sp³-hybridized carbons (Fsp3) is 0.700. The van der Waals surface area contributed by atoms with E-state index in [1.165, 1.54) is 23.6 Å². The largest absolute Gasteiger partial charge is 0.348 e. The molecule has 0 unspecified atom stereocenters. The van der Waals surface area contributed by atoms with Gasteiger partial charge in [0.15, 0.2) is 6.04 Å². The van der Waals surface area contributed by atoms with Crippen molar-refractivity contribution in [1.82, 2.24) is 5.32 Å². The number of hydrogen-bond acceptors (Lipinski definition) is 2. The Bertz CT molecular complexity index is 556. The Kier molecular flexibility index (Phi) is 5.94. The first-order valence-corrected chi connectivity index (χ1v) is 9.93. The van der Waals surface area contributed by atoms with Crippen molar-refractivity contribution in [2.45, 2.75) is 52.1 Å². The first kappa shape index (κ1) is 18.2. The van der Waals surface area contributed by atoms with E-state index in [2.05, 4.69) is 48.1 Å². The standard InChI is InChI=1S/C20H32N4O/c1-15-7-6-8-18(16(15)2)22-20(25)17(3)23-11-13-24(14-12-23)19-9-4-5-10-21-19/h4-5,9-10,15-18H,6-8,11-14H2,1-3H3,(H,22,25)/p+2/t15-,16-,17-,18-/m1/s1. The van der Waals surface area contributed by atoms with E-state index in [1.54, 1.807) is 0 Å². The molecule has 1 aromatic heterocycles. The van der Waals surface area contributed by atoms with Crippen LogP contribution in [0.4, 0.5) is 5.82 Å². The molecule has 2 heterocycles. The number of pyridine rings is 1. The molecule has 4 atom stereocenters. The highest BCUT2D eigenvalue weighted by Gasteiger charge is 2.35. The molecule has 25 heavy (non-hydrogen) atoms. The fourth-order valence-corrected chi connectivity index (χ4v) is 4.33. The third-order valence-corrected chi connectivity index (χ3v) is 6.48. The van der Waals surface area contributed by atoms with Crippen LogP contribution in [-0.4, -0.2) is 44.2 Å². The molecule has 2 aliphatic rings. The van der Waals surface area contributed by atoms with Crippen LogP contribution in [0.25, 0.3) is 0 Å². The van der Waals surface area contributed by atoms with Crippen LogP contribution >= 0.6 is 0 Å². The van der Waals surface area contributed by atoms with Gasteiger partial charge in [-0.25, -0.2) is 4.98 Å². The molecule has 1 amide bonds. The summed E-state index contributed by atoms with van der Waals surface area (Å²) in [6.07, 6.45) is 5.64. The maximum atomic E-state index is 12.8. The van der Waals surface area contributed by atoms with Crippen LogP contribution in [-0.2, 0) is 4.79 Å². The van der Waals surface area contributed by atoms with Crippen LogP contribution in [0.2, 0.25) is 0 Å². The molecule has 0 aromatic carbocycles. The Morgan fingerprint density at radius 2 is 2.04 bits per heavy atom. The second-order valence-corrected chi connectivity index (χ2v) is 8.00. The maximum Gasteiger partial charge on any atom is 0.278 e. The first-order chi connectivity index (χ1) is 12.1. The van der Waals surface area contributed by atoms with E-state index in [1.807, 2.05) is 12.3 Å². The van der Waals surface area contributed by atoms with Crippen LogP contribution in [0.5, 0.6) is 0 Å². The summed E-state index contributed by atoms with van der Waals surface area (Å²) >= 11 is 0. The summed E-state index contributed by atoms with van der Waals surface area (Å²) in [4.78, 5) is 19.8. The summed E-state index contributed by atoms with van der Waals surface area (Å²) in [6.45, 7) is 10.7. The van der Waals surface area contributed by atoms with Gasteiger partial charge in [-0.2, -0.15) is 0 Å². The lowest BCUT2D eigenvalue weighted by Crippen LogP contribution is -3.19. The molecule has 1 aliphatic heterocycles. The zero-order valence-electron chi connectivity index (χ0n) is 15.9. The van der Waals surface area contributed by atoms with Gasteiger partial charge in [-0.3, -0.25) is 9.69 Å². The molecule has 3 rings (SSSR count). The summed E-state index contributed by atoms with van der Waals surface area (Å²) in [6, 6.07) is 6.58. The minimum absolute atomic E-state index is 0.0336. The van der Waals surface area contributed by atoms with Gasteiger partial charge in [0.2, 0.25) is 0 Å². The normalized spacial score (nSPS) is 29.2. The van der Waals surface area contributed by atoms with Crippen LogP contribution in [0.1, 0.15) is 40.0 Å². The molecule has 5 nitrogen and oxygen atoms in total. The number of carbonyl (C=O) groups excluding carboxylic acids is 1. The van der Waals surface area contributed by atoms with E-state index in [0.717, 1.165) is 32.6 Å². The number of H-pyrrole nitrogens is 1. The Balaban J connectivity index is 1.50. The van der Waals surface area contributed by atoms with Gasteiger partial charge in [-0.05, 0) is 31.2 Å². The Labute approximate surface area is 151 Å². The summed E-state index contributed by atoms with van der Waals surface area (Å²) in [5.74, 6) is 2.71. The highest BCUT2D eigenvalue weighted by atomic mass is 16.2. The molecule has 2 fully saturated rings. The number of nitrogens with zero attached hydrogens (tertiary/aromatic N) is 1. The van der Waals surface area contributed by atoms with Gasteiger partial charge >= 0.3 is 0 Å². The van der Waals surface area contributed by atoms with Crippen LogP contribution in [0.15, 0.2) is 24.4 Å². The average Bonchev–Trinajstić information content (AvgIpc) is 2.65. The number of amides is 1. The monoisotopic (exact) mass is 346 g/mol. The number of quaternary nitrogens is 1. The zero-order valence-corrected chi connectivity index (χ0v) is 15.9. The maximum absolute atomic E-state index is 12.8. The molecule has 1 aromatic rings. The number of aromatic amines is 1. The number of rotatable bonds is 4. The highest BCUT2D eigenvalue weighted by Crippen LogP contribution is 2.29. The molecule has 1 saturated carbocycles. The fourth-order valence-electron chi connectivity index (χ4n) is 4.33. The quantitative estimate of drug-likeness (QED) is 0.836. The molecule has 138 valence electrons. The van der Waals surface area contributed by atoms with Crippen molar-refractivity contribution in [2.24, 2.45) is 11.8 Å². The van der Waals surface area contributed by atoms with Gasteiger partial charge in [-0.1, -0.05) is 32.8 Å². The van der Waals surface area contributed by atoms with Crippen molar-refractivity contribution < 1.29 is 14.7 Å². The van der Waals surface area contributed by atoms with Gasteiger partial charge in [0.25, 0.3) is 11.7 Å². The van der Waals surface area contributed by atoms with Crippen LogP contribution in [0.3, 0.4) is 0 Å². The average molecular weight is 347 g/mol. The third-order valence-electron chi connectivity index (χ3n) is 6.48. The van der Waals surface area contributed by atoms with Crippen LogP contribution < -0.4 is 20.1 Å². The van der Waals surface area contributed by atoms with Gasteiger partial charge in [0.05, 0.1) is 6.20 Å². The van der Waals surface area contributed by atoms with Crippen molar-refractivity contribution in [2.75, 3.05) is 31.1 Å². The number of aromatic nitrogens is 1. The van der Waals surface area contributed by atoms with Crippen molar-refractivity contribution in [3.05, 3.63) is 24.4 Å². The predicted octanol–water partition coefficient (Wildman–Crippen LogP) is 0.535. The van der Waals surface area contributed by atoms with E-state index in [0.29, 0.717) is 17.9 Å². The van der Waals surface area contributed by atoms with Gasteiger partial charge in [0.1, 0.15) is 26.2 Å². The third kappa shape index (κ3) is 4.32. The number of anilines is 1. The van der Waals surface area contributed by atoms with E-state index in [9.17, 15) is 4.79 Å². The Morgan fingerprint density at radius 3 is 2.72 bits per heavy atom. The topological polar surface area (TPSA) is 50.9 Å². The lowest BCUT2D eigenvalue weighted by molar-refractivity contribution is -0.914. The van der Waals surface area contributed by atoms with E-state index in [4.69, 9.17) is 0 Å². The van der Waals surface area contributed by atoms with Crippen molar-refractivity contribution in [3.8, 4) is 0 Å². The van der Waals surface area contributed by atoms with E-state index >= 15 is 0 Å². The Morgan fingerprint density at radius 1 is 1.28 bits per heavy atom. The molecular weight excluding hydrogens is 312 g/mol. The number of nitrogens with one attached hydrogen (secondary N) is 3. The summed E-state index contributed by atoms with van der Waals surface area (Å²) in [5.41, 5.74) is 0. The molecule has 1 aliphatic carbocycles. The van der Waals surface area contributed by atoms with Crippen molar-refractivity contribution >= 4 is 11.7 Å². The van der Waals surface area contributed by atoms with E-state index in [-0.39, 0.29) is 11.9 Å². The summed E-state index contributed by atoms with van der Waals surface area (Å²) < 4.78 is 0. The highest BCUT2D eigenvalue weighted by molar-refractivity contribution is 5.80. The SMILES string of the molecule is C[C@@H]1[C@H](C)CCC[C@H]1NC(=O)[C@@H](C)[NH+]1CCN(c2cccc[nH+]2)CC1. The molecule has 5 heteroatoms. The lowest BCUT2D eigenvalue weighted by atomic mass is 9.78. The second kappa shape index (κ2) is 8.17. The van der Waals surface area contributed by atoms with Crippen LogP contribution in [0, 0.1) is 11.8 Å². The smallest absolute Gasteiger partial charge is 0.278 e. The zero-order chi connectivity index (χ0) is 17.8. The summed E-state index contributed by atoms with van der Waals surface area (Å²) in [7, 11) is 0. The minimum atomic E-state index is 0.0336. The van der Waals surface area contributed by atoms with Crippen molar-refractivity contribution in [3.63, 3.8) is 0 Å². The number of piperazine rings is 1. The van der Waals surface area contributed by atoms with Gasteiger partial charge in [0, 0.05) is 12.1 Å². The number of hydrogen-bond donors (Lipinski definition) is 2. The molecule has 0 radical (unpaired) electrons. The summed E-state index contributed by atoms with van der Waals surface area (Å²) in [5, 5.41) is 3.36. The van der Waals surface area contributed by atoms with Crippen molar-refractivity contribution in [1.29, 1.82) is 0 Å². The first-order valence-electron chi connectivity index (χ1n) is 9.93. The minimum Gasteiger partial charge on any atom is -0.348 e. The Hall–Kier alpha value is -1.62. The van der Waals surface area contributed by atoms with Gasteiger partial charge < -0.3 is 10.2 Å². The molecule has 1 saturated heterocycles. The molecule has 0 spiro atoms. The molecule has 3 N–H and O–H groups in total. The molecular formula is C20H34N4O+2. The molecule has 0 bridgehead atoms. The number of carbonyl (C=O) groups is 1. The van der Waals surface area contributed by atoms with E-state index < -0.39 is 0 Å². The lowest BCUT2D eigenvalue weighted by Gasteiger charge is -2.36.